The van der Waals surface area contributed by atoms with Crippen LogP contribution in [0.1, 0.15) is 22.3 Å². The smallest absolute Gasteiger partial charge is 0.398 e. The Bertz CT molecular complexity index is 993. The lowest BCUT2D eigenvalue weighted by Crippen LogP contribution is -2.08. The van der Waals surface area contributed by atoms with Crippen LogP contribution in [0.3, 0.4) is 0 Å². The Kier molecular flexibility index (Phi) is 7.28. The van der Waals surface area contributed by atoms with Gasteiger partial charge in [0.05, 0.1) is 45.2 Å². The van der Waals surface area contributed by atoms with E-state index in [9.17, 15) is 26.3 Å². The van der Waals surface area contributed by atoms with Gasteiger partial charge in [0.15, 0.2) is 0 Å². The maximum atomic E-state index is 12.4. The summed E-state index contributed by atoms with van der Waals surface area (Å²) < 4.78 is 73.6. The van der Waals surface area contributed by atoms with Crippen LogP contribution >= 0.6 is 12.2 Å². The molecule has 0 aliphatic carbocycles. The second-order valence-corrected chi connectivity index (χ2v) is 5.14. The normalized spacial score (nSPS) is 10.6. The SMILES string of the molecule is N#Cc1ccc(C(F)(F)F)c(N)c1.N#Cc1ccc(C(F)(F)F)c(N=C=S)c1. The van der Waals surface area contributed by atoms with Crippen LogP contribution in [0, 0.1) is 22.7 Å². The molecule has 0 aliphatic heterocycles. The van der Waals surface area contributed by atoms with E-state index in [0.717, 1.165) is 36.4 Å². The molecular formula is C17H8F6N4S. The Morgan fingerprint density at radius 3 is 1.68 bits per heavy atom. The van der Waals surface area contributed by atoms with Crippen molar-refractivity contribution in [1.29, 1.82) is 10.5 Å². The monoisotopic (exact) mass is 414 g/mol. The molecule has 0 aliphatic rings. The van der Waals surface area contributed by atoms with Gasteiger partial charge in [-0.3, -0.25) is 0 Å². The molecular weight excluding hydrogens is 406 g/mol. The predicted octanol–water partition coefficient (Wildman–Crippen LogP) is 5.47. The van der Waals surface area contributed by atoms with Gasteiger partial charge in [0.2, 0.25) is 0 Å². The number of hydrogen-bond donors (Lipinski definition) is 1. The lowest BCUT2D eigenvalue weighted by atomic mass is 10.1. The van der Waals surface area contributed by atoms with Crippen molar-refractivity contribution in [3.05, 3.63) is 58.7 Å². The lowest BCUT2D eigenvalue weighted by molar-refractivity contribution is -0.137. The third-order valence-corrected chi connectivity index (χ3v) is 3.18. The van der Waals surface area contributed by atoms with Crippen molar-refractivity contribution >= 4 is 28.8 Å². The highest BCUT2D eigenvalue weighted by molar-refractivity contribution is 7.78. The van der Waals surface area contributed by atoms with Crippen LogP contribution in [0.4, 0.5) is 37.7 Å². The van der Waals surface area contributed by atoms with Gasteiger partial charge >= 0.3 is 12.4 Å². The van der Waals surface area contributed by atoms with Crippen LogP contribution < -0.4 is 5.73 Å². The molecule has 0 radical (unpaired) electrons. The van der Waals surface area contributed by atoms with E-state index in [0.29, 0.717) is 0 Å². The van der Waals surface area contributed by atoms with Gasteiger partial charge in [-0.15, -0.1) is 0 Å². The van der Waals surface area contributed by atoms with Crippen molar-refractivity contribution in [2.75, 3.05) is 5.73 Å². The van der Waals surface area contributed by atoms with Gasteiger partial charge in [0.25, 0.3) is 0 Å². The molecule has 2 aromatic carbocycles. The molecule has 0 saturated carbocycles. The maximum absolute atomic E-state index is 12.4. The Morgan fingerprint density at radius 1 is 0.821 bits per heavy atom. The summed E-state index contributed by atoms with van der Waals surface area (Å²) in [6, 6.07) is 9.19. The number of aliphatic imine (C=N–C) groups is 1. The number of hydrogen-bond acceptors (Lipinski definition) is 5. The van der Waals surface area contributed by atoms with E-state index in [-0.39, 0.29) is 11.1 Å². The molecule has 4 nitrogen and oxygen atoms in total. The molecule has 2 N–H and O–H groups in total. The van der Waals surface area contributed by atoms with Crippen LogP contribution in [-0.4, -0.2) is 5.16 Å². The maximum Gasteiger partial charge on any atom is 0.418 e. The molecule has 0 saturated heterocycles. The Labute approximate surface area is 160 Å². The minimum Gasteiger partial charge on any atom is -0.398 e. The third kappa shape index (κ3) is 6.09. The van der Waals surface area contributed by atoms with Gasteiger partial charge in [-0.25, -0.2) is 0 Å². The number of nitriles is 2. The van der Waals surface area contributed by atoms with E-state index in [4.69, 9.17) is 16.3 Å². The summed E-state index contributed by atoms with van der Waals surface area (Å²) in [5.41, 5.74) is 2.66. The van der Waals surface area contributed by atoms with Crippen molar-refractivity contribution < 1.29 is 26.3 Å². The van der Waals surface area contributed by atoms with E-state index in [1.807, 2.05) is 5.16 Å². The number of nitrogens with two attached hydrogens (primary N) is 1. The fourth-order valence-corrected chi connectivity index (χ4v) is 1.97. The topological polar surface area (TPSA) is 86.0 Å². The largest absolute Gasteiger partial charge is 0.418 e. The molecule has 0 atom stereocenters. The van der Waals surface area contributed by atoms with Gasteiger partial charge in [-0.2, -0.15) is 41.9 Å². The number of rotatable bonds is 1. The molecule has 0 amide bonds. The minimum absolute atomic E-state index is 0.0898. The first-order valence-corrected chi connectivity index (χ1v) is 7.41. The summed E-state index contributed by atoms with van der Waals surface area (Å²) in [5.74, 6) is 0. The number of anilines is 1. The van der Waals surface area contributed by atoms with Crippen molar-refractivity contribution in [3.63, 3.8) is 0 Å². The van der Waals surface area contributed by atoms with Gasteiger partial charge < -0.3 is 5.73 Å². The highest BCUT2D eigenvalue weighted by Gasteiger charge is 2.34. The van der Waals surface area contributed by atoms with Crippen LogP contribution in [0.5, 0.6) is 0 Å². The number of thiocarbonyl (C=S) groups is 1. The molecule has 0 fully saturated rings. The molecule has 28 heavy (non-hydrogen) atoms. The minimum atomic E-state index is -4.51. The van der Waals surface area contributed by atoms with Crippen molar-refractivity contribution in [3.8, 4) is 12.1 Å². The second kappa shape index (κ2) is 9.00. The molecule has 0 aromatic heterocycles. The highest BCUT2D eigenvalue weighted by Crippen LogP contribution is 2.36. The zero-order valence-electron chi connectivity index (χ0n) is 13.6. The summed E-state index contributed by atoms with van der Waals surface area (Å²) in [7, 11) is 0. The fourth-order valence-electron chi connectivity index (χ4n) is 1.87. The third-order valence-electron chi connectivity index (χ3n) is 3.08. The van der Waals surface area contributed by atoms with Crippen molar-refractivity contribution in [2.24, 2.45) is 4.99 Å². The van der Waals surface area contributed by atoms with Crippen LogP contribution in [0.2, 0.25) is 0 Å². The summed E-state index contributed by atoms with van der Waals surface area (Å²) in [6.07, 6.45) is -8.98. The molecule has 0 bridgehead atoms. The van der Waals surface area contributed by atoms with Crippen molar-refractivity contribution in [2.45, 2.75) is 12.4 Å². The van der Waals surface area contributed by atoms with Crippen molar-refractivity contribution in [1.82, 2.24) is 0 Å². The fraction of sp³-hybridized carbons (Fsp3) is 0.118. The number of nitrogen functional groups attached to an aromatic ring is 1. The summed E-state index contributed by atoms with van der Waals surface area (Å²) in [6.45, 7) is 0. The van der Waals surface area contributed by atoms with Crippen LogP contribution in [0.25, 0.3) is 0 Å². The predicted molar refractivity (Wildman–Crippen MR) is 91.4 cm³/mol. The Hall–Kier alpha value is -3.40. The lowest BCUT2D eigenvalue weighted by Gasteiger charge is -2.08. The van der Waals surface area contributed by atoms with Crippen LogP contribution in [0.15, 0.2) is 41.4 Å². The first kappa shape index (κ1) is 22.6. The average molecular weight is 414 g/mol. The number of nitrogens with zero attached hydrogens (tertiary/aromatic N) is 3. The number of isothiocyanates is 1. The highest BCUT2D eigenvalue weighted by atomic mass is 32.1. The summed E-state index contributed by atoms with van der Waals surface area (Å²) >= 11 is 4.23. The number of halogens is 6. The molecule has 2 aromatic rings. The molecule has 0 spiro atoms. The van der Waals surface area contributed by atoms with Gasteiger partial charge in [-0.05, 0) is 48.6 Å². The Morgan fingerprint density at radius 2 is 1.29 bits per heavy atom. The molecule has 144 valence electrons. The van der Waals surface area contributed by atoms with E-state index in [2.05, 4.69) is 17.2 Å². The molecule has 0 heterocycles. The van der Waals surface area contributed by atoms with E-state index < -0.39 is 34.9 Å². The standard InChI is InChI=1S/C9H3F3N2S.C8H5F3N2/c10-9(11,12)7-2-1-6(4-13)3-8(7)14-5-15;9-8(10,11)6-2-1-5(4-12)3-7(6)13/h1-3H;1-3H,13H2. The van der Waals surface area contributed by atoms with E-state index >= 15 is 0 Å². The zero-order valence-corrected chi connectivity index (χ0v) is 14.4. The van der Waals surface area contributed by atoms with Gasteiger partial charge in [-0.1, -0.05) is 0 Å². The molecule has 2 rings (SSSR count). The Balaban J connectivity index is 0.000000283. The van der Waals surface area contributed by atoms with Gasteiger partial charge in [0.1, 0.15) is 0 Å². The van der Waals surface area contributed by atoms with Crippen LogP contribution in [-0.2, 0) is 12.4 Å². The van der Waals surface area contributed by atoms with Gasteiger partial charge in [0, 0.05) is 5.69 Å². The molecule has 0 unspecified atom stereocenters. The molecule has 11 heteroatoms. The second-order valence-electron chi connectivity index (χ2n) is 4.96. The number of alkyl halides is 6. The quantitative estimate of drug-likeness (QED) is 0.290. The summed E-state index contributed by atoms with van der Waals surface area (Å²) in [4.78, 5) is 3.28. The van der Waals surface area contributed by atoms with E-state index in [1.165, 1.54) is 0 Å². The summed E-state index contributed by atoms with van der Waals surface area (Å²) in [5, 5.41) is 18.7. The first-order chi connectivity index (χ1) is 12.9. The first-order valence-electron chi connectivity index (χ1n) is 7.00. The average Bonchev–Trinajstić information content (AvgIpc) is 2.60. The number of benzene rings is 2. The van der Waals surface area contributed by atoms with E-state index in [1.54, 1.807) is 12.1 Å². The zero-order chi connectivity index (χ0) is 21.5.